The number of nitrogens with zero attached hydrogens (tertiary/aromatic N) is 3. The van der Waals surface area contributed by atoms with Gasteiger partial charge in [0, 0.05) is 17.6 Å². The fourth-order valence-corrected chi connectivity index (χ4v) is 3.66. The fourth-order valence-electron chi connectivity index (χ4n) is 2.94. The summed E-state index contributed by atoms with van der Waals surface area (Å²) in [5.41, 5.74) is 3.55. The van der Waals surface area contributed by atoms with E-state index in [-0.39, 0.29) is 17.6 Å². The zero-order valence-corrected chi connectivity index (χ0v) is 18.3. The lowest BCUT2D eigenvalue weighted by atomic mass is 10.2. The van der Waals surface area contributed by atoms with Crippen LogP contribution in [0, 0.1) is 6.92 Å². The van der Waals surface area contributed by atoms with E-state index in [4.69, 9.17) is 4.74 Å². The van der Waals surface area contributed by atoms with Gasteiger partial charge in [0.1, 0.15) is 5.75 Å². The Balaban J connectivity index is 1.43. The largest absolute Gasteiger partial charge is 0.497 e. The Labute approximate surface area is 189 Å². The maximum Gasteiger partial charge on any atom is 0.257 e. The molecule has 4 rings (SSSR count). The second-order valence-electron chi connectivity index (χ2n) is 7.01. The lowest BCUT2D eigenvalue weighted by molar-refractivity contribution is -0.113. The van der Waals surface area contributed by atoms with E-state index in [1.165, 1.54) is 11.8 Å². The van der Waals surface area contributed by atoms with Crippen LogP contribution in [0.4, 0.5) is 11.4 Å². The number of nitrogens with one attached hydrogen (secondary N) is 2. The quantitative estimate of drug-likeness (QED) is 0.415. The lowest BCUT2D eigenvalue weighted by Gasteiger charge is -2.07. The molecule has 2 aromatic carbocycles. The van der Waals surface area contributed by atoms with E-state index >= 15 is 0 Å². The van der Waals surface area contributed by atoms with Crippen LogP contribution < -0.4 is 15.4 Å². The number of fused-ring (bicyclic) bond motifs is 1. The maximum absolute atomic E-state index is 12.7. The molecule has 2 N–H and O–H groups in total. The summed E-state index contributed by atoms with van der Waals surface area (Å²) in [6.07, 6.45) is 1.66. The fraction of sp³-hybridized carbons (Fsp3) is 0.130. The third kappa shape index (κ3) is 5.06. The molecule has 4 aromatic rings. The second-order valence-corrected chi connectivity index (χ2v) is 7.96. The number of ether oxygens (including phenoxy) is 1. The Morgan fingerprint density at radius 2 is 1.62 bits per heavy atom. The van der Waals surface area contributed by atoms with Crippen LogP contribution >= 0.6 is 11.8 Å². The van der Waals surface area contributed by atoms with E-state index in [0.717, 1.165) is 11.3 Å². The third-order valence-electron chi connectivity index (χ3n) is 4.65. The summed E-state index contributed by atoms with van der Waals surface area (Å²) < 4.78 is 6.83. The SMILES string of the molecule is COc1ccc(NC(=O)c2ccc3nnc(SCC(=O)Nc4ccc(C)cc4)n3c2)cc1. The molecule has 0 unspecified atom stereocenters. The summed E-state index contributed by atoms with van der Waals surface area (Å²) in [5.74, 6) is 0.460. The zero-order chi connectivity index (χ0) is 22.5. The van der Waals surface area contributed by atoms with Crippen LogP contribution in [0.3, 0.4) is 0 Å². The standard InChI is InChI=1S/C23H21N5O3S/c1-15-3-6-17(7-4-15)24-21(29)14-32-23-27-26-20-12-5-16(13-28(20)23)22(30)25-18-8-10-19(31-2)11-9-18/h3-13H,14H2,1-2H3,(H,24,29)(H,25,30). The van der Waals surface area contributed by atoms with Gasteiger partial charge in [-0.05, 0) is 55.5 Å². The van der Waals surface area contributed by atoms with Crippen LogP contribution in [0.5, 0.6) is 5.75 Å². The summed E-state index contributed by atoms with van der Waals surface area (Å²) in [4.78, 5) is 25.0. The van der Waals surface area contributed by atoms with Crippen LogP contribution in [-0.2, 0) is 4.79 Å². The molecule has 32 heavy (non-hydrogen) atoms. The smallest absolute Gasteiger partial charge is 0.257 e. The highest BCUT2D eigenvalue weighted by atomic mass is 32.2. The third-order valence-corrected chi connectivity index (χ3v) is 5.59. The predicted molar refractivity (Wildman–Crippen MR) is 124 cm³/mol. The number of hydrogen-bond donors (Lipinski definition) is 2. The van der Waals surface area contributed by atoms with Gasteiger partial charge in [-0.1, -0.05) is 29.5 Å². The Morgan fingerprint density at radius 3 is 2.34 bits per heavy atom. The summed E-state index contributed by atoms with van der Waals surface area (Å²) >= 11 is 1.25. The molecule has 2 aromatic heterocycles. The number of methoxy groups -OCH3 is 1. The summed E-state index contributed by atoms with van der Waals surface area (Å²) in [6, 6.07) is 18.1. The van der Waals surface area contributed by atoms with Gasteiger partial charge in [0.05, 0.1) is 18.4 Å². The van der Waals surface area contributed by atoms with E-state index in [1.807, 2.05) is 31.2 Å². The summed E-state index contributed by atoms with van der Waals surface area (Å²) in [7, 11) is 1.59. The molecule has 0 fully saturated rings. The molecule has 0 saturated heterocycles. The van der Waals surface area contributed by atoms with Crippen molar-refractivity contribution in [3.05, 3.63) is 78.0 Å². The molecular weight excluding hydrogens is 426 g/mol. The van der Waals surface area contributed by atoms with Gasteiger partial charge in [-0.15, -0.1) is 10.2 Å². The molecule has 0 bridgehead atoms. The summed E-state index contributed by atoms with van der Waals surface area (Å²) in [5, 5.41) is 14.5. The van der Waals surface area contributed by atoms with Crippen LogP contribution in [0.1, 0.15) is 15.9 Å². The monoisotopic (exact) mass is 447 g/mol. The number of aryl methyl sites for hydroxylation is 1. The van der Waals surface area contributed by atoms with E-state index < -0.39 is 0 Å². The first-order chi connectivity index (χ1) is 15.5. The molecule has 2 amide bonds. The van der Waals surface area contributed by atoms with Crippen molar-refractivity contribution in [2.75, 3.05) is 23.5 Å². The molecule has 0 atom stereocenters. The van der Waals surface area contributed by atoms with Crippen molar-refractivity contribution in [2.45, 2.75) is 12.1 Å². The average molecular weight is 448 g/mol. The minimum atomic E-state index is -0.265. The van der Waals surface area contributed by atoms with Gasteiger partial charge in [-0.25, -0.2) is 0 Å². The van der Waals surface area contributed by atoms with E-state index in [1.54, 1.807) is 54.1 Å². The van der Waals surface area contributed by atoms with Crippen molar-refractivity contribution in [2.24, 2.45) is 0 Å². The minimum absolute atomic E-state index is 0.149. The van der Waals surface area contributed by atoms with E-state index in [9.17, 15) is 9.59 Å². The molecule has 0 radical (unpaired) electrons. The normalized spacial score (nSPS) is 10.7. The highest BCUT2D eigenvalue weighted by molar-refractivity contribution is 7.99. The molecular formula is C23H21N5O3S. The number of anilines is 2. The second kappa shape index (κ2) is 9.52. The van der Waals surface area contributed by atoms with Crippen LogP contribution in [0.25, 0.3) is 5.65 Å². The van der Waals surface area contributed by atoms with Crippen LogP contribution in [-0.4, -0.2) is 39.3 Å². The number of rotatable bonds is 7. The zero-order valence-electron chi connectivity index (χ0n) is 17.5. The Morgan fingerprint density at radius 1 is 0.938 bits per heavy atom. The van der Waals surface area contributed by atoms with Gasteiger partial charge >= 0.3 is 0 Å². The predicted octanol–water partition coefficient (Wildman–Crippen LogP) is 4.03. The molecule has 0 aliphatic carbocycles. The van der Waals surface area contributed by atoms with Gasteiger partial charge in [-0.2, -0.15) is 0 Å². The molecule has 0 saturated carbocycles. The number of amides is 2. The van der Waals surface area contributed by atoms with E-state index in [0.29, 0.717) is 27.8 Å². The molecule has 8 nitrogen and oxygen atoms in total. The highest BCUT2D eigenvalue weighted by Gasteiger charge is 2.13. The first kappa shape index (κ1) is 21.4. The minimum Gasteiger partial charge on any atom is -0.497 e. The van der Waals surface area contributed by atoms with Crippen molar-refractivity contribution in [1.82, 2.24) is 14.6 Å². The van der Waals surface area contributed by atoms with Crippen molar-refractivity contribution in [3.63, 3.8) is 0 Å². The number of hydrogen-bond acceptors (Lipinski definition) is 6. The number of pyridine rings is 1. The molecule has 9 heteroatoms. The highest BCUT2D eigenvalue weighted by Crippen LogP contribution is 2.20. The number of benzene rings is 2. The van der Waals surface area contributed by atoms with Gasteiger partial charge in [-0.3, -0.25) is 14.0 Å². The number of thioether (sulfide) groups is 1. The average Bonchev–Trinajstić information content (AvgIpc) is 3.22. The molecule has 0 aliphatic rings. The molecule has 0 spiro atoms. The van der Waals surface area contributed by atoms with Gasteiger partial charge in [0.15, 0.2) is 10.8 Å². The van der Waals surface area contributed by atoms with Crippen LogP contribution in [0.2, 0.25) is 0 Å². The van der Waals surface area contributed by atoms with Gasteiger partial charge in [0.2, 0.25) is 5.91 Å². The van der Waals surface area contributed by atoms with Gasteiger partial charge < -0.3 is 15.4 Å². The lowest BCUT2D eigenvalue weighted by Crippen LogP contribution is -2.14. The maximum atomic E-state index is 12.7. The van der Waals surface area contributed by atoms with Crippen molar-refractivity contribution in [1.29, 1.82) is 0 Å². The first-order valence-electron chi connectivity index (χ1n) is 9.81. The van der Waals surface area contributed by atoms with Crippen molar-refractivity contribution < 1.29 is 14.3 Å². The van der Waals surface area contributed by atoms with Gasteiger partial charge in [0.25, 0.3) is 5.91 Å². The topological polar surface area (TPSA) is 97.6 Å². The number of carbonyl (C=O) groups is 2. The number of carbonyl (C=O) groups excluding carboxylic acids is 2. The van der Waals surface area contributed by atoms with Crippen molar-refractivity contribution in [3.8, 4) is 5.75 Å². The molecule has 0 aliphatic heterocycles. The number of aromatic nitrogens is 3. The Bertz CT molecular complexity index is 1250. The van der Waals surface area contributed by atoms with Crippen molar-refractivity contribution >= 4 is 40.6 Å². The van der Waals surface area contributed by atoms with Crippen LogP contribution in [0.15, 0.2) is 72.0 Å². The Hall–Kier alpha value is -3.85. The molecule has 2 heterocycles. The first-order valence-corrected chi connectivity index (χ1v) is 10.8. The van der Waals surface area contributed by atoms with E-state index in [2.05, 4.69) is 20.8 Å². The molecule has 162 valence electrons. The summed E-state index contributed by atoms with van der Waals surface area (Å²) in [6.45, 7) is 1.99. The Kier molecular flexibility index (Phi) is 6.37.